The Morgan fingerprint density at radius 3 is 2.21 bits per heavy atom. The van der Waals surface area contributed by atoms with Crippen LogP contribution in [0.2, 0.25) is 36.3 Å². The van der Waals surface area contributed by atoms with Crippen LogP contribution in [0.15, 0.2) is 23.8 Å². The van der Waals surface area contributed by atoms with E-state index in [0.717, 1.165) is 18.2 Å². The highest BCUT2D eigenvalue weighted by Crippen LogP contribution is 2.55. The van der Waals surface area contributed by atoms with Gasteiger partial charge < -0.3 is 8.85 Å². The molecule has 198 valence electrons. The maximum Gasteiger partial charge on any atom is 0.193 e. The molecule has 0 aromatic carbocycles. The molecule has 5 heteroatoms. The van der Waals surface area contributed by atoms with Crippen LogP contribution in [0.4, 0.5) is 0 Å². The SMILES string of the molecule is CCCCCC(/C=C/C1CCC2(O[Si](C)(C)C(C)(C)C)C=C(CBr)CC12)O[Si](C)(C)C(C)(C)C. The molecule has 0 N–H and O–H groups in total. The maximum absolute atomic E-state index is 7.23. The number of halogens is 1. The van der Waals surface area contributed by atoms with Crippen LogP contribution in [0.5, 0.6) is 0 Å². The lowest BCUT2D eigenvalue weighted by molar-refractivity contribution is 0.0668. The van der Waals surface area contributed by atoms with Gasteiger partial charge in [-0.2, -0.15) is 0 Å². The molecule has 34 heavy (non-hydrogen) atoms. The van der Waals surface area contributed by atoms with Crippen molar-refractivity contribution in [2.75, 3.05) is 5.33 Å². The summed E-state index contributed by atoms with van der Waals surface area (Å²) < 4.78 is 14.2. The second-order valence-corrected chi connectivity index (χ2v) is 24.1. The van der Waals surface area contributed by atoms with E-state index >= 15 is 0 Å². The Hall–Kier alpha value is 0.314. The molecule has 0 heterocycles. The summed E-state index contributed by atoms with van der Waals surface area (Å²) in [6.07, 6.45) is 16.2. The summed E-state index contributed by atoms with van der Waals surface area (Å²) in [5.74, 6) is 1.14. The molecular weight excluding hydrogens is 516 g/mol. The molecule has 1 fully saturated rings. The number of allylic oxidation sites excluding steroid dienone is 2. The number of hydrogen-bond donors (Lipinski definition) is 0. The van der Waals surface area contributed by atoms with Gasteiger partial charge in [-0.15, -0.1) is 0 Å². The molecule has 1 saturated carbocycles. The lowest BCUT2D eigenvalue weighted by Crippen LogP contribution is -2.50. The van der Waals surface area contributed by atoms with Gasteiger partial charge in [0, 0.05) is 11.2 Å². The van der Waals surface area contributed by atoms with E-state index in [0.29, 0.717) is 11.8 Å². The largest absolute Gasteiger partial charge is 0.411 e. The first-order chi connectivity index (χ1) is 15.5. The molecule has 4 unspecified atom stereocenters. The van der Waals surface area contributed by atoms with Gasteiger partial charge in [-0.05, 0) is 67.9 Å². The molecule has 2 aliphatic carbocycles. The minimum atomic E-state index is -1.86. The summed E-state index contributed by atoms with van der Waals surface area (Å²) in [6, 6.07) is 0. The molecular formula is C29H55BrO2Si2. The first kappa shape index (κ1) is 30.5. The second-order valence-electron chi connectivity index (χ2n) is 14.1. The van der Waals surface area contributed by atoms with Crippen molar-refractivity contribution < 1.29 is 8.85 Å². The smallest absolute Gasteiger partial charge is 0.193 e. The van der Waals surface area contributed by atoms with Crippen molar-refractivity contribution in [1.82, 2.24) is 0 Å². The first-order valence-electron chi connectivity index (χ1n) is 13.8. The highest BCUT2D eigenvalue weighted by molar-refractivity contribution is 9.09. The molecule has 0 radical (unpaired) electrons. The first-order valence-corrected chi connectivity index (χ1v) is 20.7. The van der Waals surface area contributed by atoms with Crippen molar-refractivity contribution in [1.29, 1.82) is 0 Å². The van der Waals surface area contributed by atoms with E-state index in [1.807, 2.05) is 0 Å². The van der Waals surface area contributed by atoms with E-state index in [-0.39, 0.29) is 21.8 Å². The molecule has 0 bridgehead atoms. The lowest BCUT2D eigenvalue weighted by Gasteiger charge is -2.44. The Kier molecular flexibility index (Phi) is 10.2. The average Bonchev–Trinajstić information content (AvgIpc) is 3.18. The van der Waals surface area contributed by atoms with E-state index in [2.05, 4.69) is 109 Å². The minimum Gasteiger partial charge on any atom is -0.411 e. The van der Waals surface area contributed by atoms with Crippen LogP contribution in [0.3, 0.4) is 0 Å². The highest BCUT2D eigenvalue weighted by Gasteiger charge is 2.54. The normalized spacial score (nSPS) is 27.4. The molecule has 4 atom stereocenters. The molecule has 2 aliphatic rings. The average molecular weight is 572 g/mol. The van der Waals surface area contributed by atoms with Gasteiger partial charge in [-0.25, -0.2) is 0 Å². The molecule has 2 rings (SSSR count). The third kappa shape index (κ3) is 7.21. The topological polar surface area (TPSA) is 18.5 Å². The van der Waals surface area contributed by atoms with Crippen LogP contribution >= 0.6 is 15.9 Å². The predicted octanol–water partition coefficient (Wildman–Crippen LogP) is 10.0. The number of alkyl halides is 1. The monoisotopic (exact) mass is 570 g/mol. The van der Waals surface area contributed by atoms with Crippen molar-refractivity contribution in [3.8, 4) is 0 Å². The van der Waals surface area contributed by atoms with Crippen LogP contribution in [0, 0.1) is 11.8 Å². The molecule has 0 aromatic rings. The summed E-state index contributed by atoms with van der Waals surface area (Å²) in [5, 5.41) is 1.44. The van der Waals surface area contributed by atoms with E-state index in [4.69, 9.17) is 8.85 Å². The Morgan fingerprint density at radius 2 is 1.68 bits per heavy atom. The highest BCUT2D eigenvalue weighted by atomic mass is 79.9. The number of hydrogen-bond acceptors (Lipinski definition) is 2. The van der Waals surface area contributed by atoms with Crippen molar-refractivity contribution >= 4 is 32.6 Å². The molecule has 0 amide bonds. The van der Waals surface area contributed by atoms with Gasteiger partial charge in [0.05, 0.1) is 11.7 Å². The maximum atomic E-state index is 7.23. The summed E-state index contributed by atoms with van der Waals surface area (Å²) in [6.45, 7) is 26.0. The molecule has 0 saturated heterocycles. The Morgan fingerprint density at radius 1 is 1.06 bits per heavy atom. The van der Waals surface area contributed by atoms with Gasteiger partial charge in [0.15, 0.2) is 16.6 Å². The van der Waals surface area contributed by atoms with Gasteiger partial charge in [-0.1, -0.05) is 107 Å². The summed E-state index contributed by atoms with van der Waals surface area (Å²) in [4.78, 5) is 0. The molecule has 0 aromatic heterocycles. The third-order valence-electron chi connectivity index (χ3n) is 9.28. The summed E-state index contributed by atoms with van der Waals surface area (Å²) >= 11 is 3.75. The fourth-order valence-electron chi connectivity index (χ4n) is 5.05. The van der Waals surface area contributed by atoms with Crippen LogP contribution in [0.1, 0.15) is 93.4 Å². The van der Waals surface area contributed by atoms with Crippen molar-refractivity contribution in [3.05, 3.63) is 23.8 Å². The van der Waals surface area contributed by atoms with E-state index in [9.17, 15) is 0 Å². The Bertz CT molecular complexity index is 729. The number of fused-ring (bicyclic) bond motifs is 1. The van der Waals surface area contributed by atoms with Gasteiger partial charge in [-0.3, -0.25) is 0 Å². The number of unbranched alkanes of at least 4 members (excludes halogenated alkanes) is 2. The Balaban J connectivity index is 2.24. The van der Waals surface area contributed by atoms with Crippen molar-refractivity contribution in [2.45, 2.75) is 141 Å². The van der Waals surface area contributed by atoms with E-state index in [1.165, 1.54) is 37.7 Å². The summed E-state index contributed by atoms with van der Waals surface area (Å²) in [5.41, 5.74) is 1.46. The Labute approximate surface area is 223 Å². The quantitative estimate of drug-likeness (QED) is 0.106. The van der Waals surface area contributed by atoms with Gasteiger partial charge >= 0.3 is 0 Å². The summed E-state index contributed by atoms with van der Waals surface area (Å²) in [7, 11) is -3.66. The van der Waals surface area contributed by atoms with Crippen molar-refractivity contribution in [3.63, 3.8) is 0 Å². The second kappa shape index (κ2) is 11.4. The van der Waals surface area contributed by atoms with Crippen LogP contribution in [-0.4, -0.2) is 33.7 Å². The van der Waals surface area contributed by atoms with E-state index in [1.54, 1.807) is 0 Å². The molecule has 2 nitrogen and oxygen atoms in total. The van der Waals surface area contributed by atoms with Crippen LogP contribution in [0.25, 0.3) is 0 Å². The zero-order valence-electron chi connectivity index (χ0n) is 24.3. The van der Waals surface area contributed by atoms with Crippen LogP contribution in [-0.2, 0) is 8.85 Å². The van der Waals surface area contributed by atoms with Gasteiger partial charge in [0.2, 0.25) is 0 Å². The fourth-order valence-corrected chi connectivity index (χ4v) is 8.32. The minimum absolute atomic E-state index is 0.0703. The lowest BCUT2D eigenvalue weighted by atomic mass is 9.87. The molecule has 0 spiro atoms. The predicted molar refractivity (Wildman–Crippen MR) is 159 cm³/mol. The zero-order chi connectivity index (χ0) is 26.0. The molecule has 0 aliphatic heterocycles. The number of rotatable bonds is 11. The van der Waals surface area contributed by atoms with Gasteiger partial charge in [0.25, 0.3) is 0 Å². The van der Waals surface area contributed by atoms with Gasteiger partial charge in [0.1, 0.15) is 0 Å². The third-order valence-corrected chi connectivity index (χ3v) is 19.0. The standard InChI is InChI=1S/C29H55BrO2Si2/c1-12-13-14-15-25(31-33(8,9)27(2,3)4)17-16-24-18-19-29(21-23(22-30)20-26(24)29)32-34(10,11)28(5,6)7/h16-17,21,24-26H,12-15,18-20,22H2,1-11H3/b17-16+. The van der Waals surface area contributed by atoms with Crippen LogP contribution < -0.4 is 0 Å². The zero-order valence-corrected chi connectivity index (χ0v) is 27.9. The van der Waals surface area contributed by atoms with Crippen molar-refractivity contribution in [2.24, 2.45) is 11.8 Å². The van der Waals surface area contributed by atoms with E-state index < -0.39 is 16.6 Å². The fraction of sp³-hybridized carbons (Fsp3) is 0.862.